The third-order valence-corrected chi connectivity index (χ3v) is 4.02. The molecule has 1 aromatic rings. The molecule has 2 unspecified atom stereocenters. The maximum absolute atomic E-state index is 10.4. The summed E-state index contributed by atoms with van der Waals surface area (Å²) in [6.45, 7) is 4.75. The van der Waals surface area contributed by atoms with Gasteiger partial charge >= 0.3 is 17.9 Å². The van der Waals surface area contributed by atoms with E-state index in [0.29, 0.717) is 18.8 Å². The quantitative estimate of drug-likeness (QED) is 0.380. The summed E-state index contributed by atoms with van der Waals surface area (Å²) in [6.07, 6.45) is 2.72. The van der Waals surface area contributed by atoms with E-state index >= 15 is 0 Å². The lowest BCUT2D eigenvalue weighted by molar-refractivity contribution is -0.139. The number of hydrogen-bond acceptors (Lipinski definition) is 6. The maximum Gasteiger partial charge on any atom is 0.320 e. The molecule has 1 aliphatic rings. The van der Waals surface area contributed by atoms with Crippen LogP contribution in [0, 0.1) is 5.92 Å². The third-order valence-electron chi connectivity index (χ3n) is 4.02. The fourth-order valence-electron chi connectivity index (χ4n) is 2.46. The van der Waals surface area contributed by atoms with Crippen LogP contribution in [-0.2, 0) is 20.8 Å². The number of benzene rings is 1. The average molecular weight is 411 g/mol. The topological polar surface area (TPSA) is 176 Å². The maximum atomic E-state index is 10.4. The van der Waals surface area contributed by atoms with E-state index in [0.717, 1.165) is 24.9 Å². The van der Waals surface area contributed by atoms with Gasteiger partial charge in [0, 0.05) is 0 Å². The van der Waals surface area contributed by atoms with Crippen LogP contribution >= 0.6 is 0 Å². The van der Waals surface area contributed by atoms with Crippen molar-refractivity contribution in [2.45, 2.75) is 57.7 Å². The van der Waals surface area contributed by atoms with Gasteiger partial charge in [0.1, 0.15) is 18.1 Å². The van der Waals surface area contributed by atoms with E-state index in [4.69, 9.17) is 26.8 Å². The fourth-order valence-corrected chi connectivity index (χ4v) is 2.46. The van der Waals surface area contributed by atoms with E-state index in [1.54, 1.807) is 0 Å². The van der Waals surface area contributed by atoms with Gasteiger partial charge in [0.25, 0.3) is 0 Å². The zero-order chi connectivity index (χ0) is 22.4. The lowest BCUT2D eigenvalue weighted by atomic mass is 10.1. The number of aliphatic carboxylic acids is 3. The second-order valence-electron chi connectivity index (χ2n) is 7.20. The molecule has 9 heteroatoms. The number of nitrogens with one attached hydrogen (secondary N) is 1. The summed E-state index contributed by atoms with van der Waals surface area (Å²) in [5.74, 6) is -2.24. The van der Waals surface area contributed by atoms with Crippen molar-refractivity contribution in [1.82, 2.24) is 5.32 Å². The zero-order valence-electron chi connectivity index (χ0n) is 17.0. The van der Waals surface area contributed by atoms with Crippen LogP contribution in [0.1, 0.15) is 38.7 Å². The minimum absolute atomic E-state index is 0.269. The number of carboxylic acid groups (broad SMARTS) is 3. The first-order valence-corrected chi connectivity index (χ1v) is 9.51. The molecule has 0 bridgehead atoms. The summed E-state index contributed by atoms with van der Waals surface area (Å²) in [4.78, 5) is 30.6. The summed E-state index contributed by atoms with van der Waals surface area (Å²) >= 11 is 0. The molecule has 0 radical (unpaired) electrons. The largest absolute Gasteiger partial charge is 0.480 e. The van der Waals surface area contributed by atoms with Crippen LogP contribution in [0.5, 0.6) is 0 Å². The third kappa shape index (κ3) is 13.3. The van der Waals surface area contributed by atoms with Crippen molar-refractivity contribution >= 4 is 17.9 Å². The number of carboxylic acids is 3. The standard InChI is InChI=1S/C9H11NO2.C6H13NO2.C5H9NO2/c10-8(9(11)12)6-7-4-2-1-3-5-7;1-4(2)3-5(7)6(8)9;7-5(8)4-2-1-3-6-4/h1-5,8H,6,10H2,(H,11,12);4-5H,3,7H2,1-2H3,(H,8,9);4,6H,1-3H2,(H,7,8)/t;;4-/m..0/s1. The van der Waals surface area contributed by atoms with Crippen molar-refractivity contribution in [2.24, 2.45) is 17.4 Å². The molecule has 1 aliphatic heterocycles. The Hall–Kier alpha value is -2.49. The Kier molecular flexibility index (Phi) is 13.3. The van der Waals surface area contributed by atoms with Crippen molar-refractivity contribution in [1.29, 1.82) is 0 Å². The monoisotopic (exact) mass is 411 g/mol. The van der Waals surface area contributed by atoms with Gasteiger partial charge in [-0.15, -0.1) is 0 Å². The van der Waals surface area contributed by atoms with Crippen molar-refractivity contribution < 1.29 is 29.7 Å². The minimum atomic E-state index is -0.959. The van der Waals surface area contributed by atoms with E-state index in [1.807, 2.05) is 44.2 Å². The summed E-state index contributed by atoms with van der Waals surface area (Å²) in [7, 11) is 0. The Bertz CT molecular complexity index is 618. The molecule has 1 heterocycles. The van der Waals surface area contributed by atoms with E-state index in [1.165, 1.54) is 0 Å². The molecule has 1 aromatic carbocycles. The first kappa shape index (κ1) is 26.5. The highest BCUT2D eigenvalue weighted by molar-refractivity contribution is 5.74. The normalized spacial score (nSPS) is 17.2. The van der Waals surface area contributed by atoms with Gasteiger partial charge in [-0.2, -0.15) is 0 Å². The highest BCUT2D eigenvalue weighted by Gasteiger charge is 2.20. The Morgan fingerprint density at radius 1 is 1.03 bits per heavy atom. The molecule has 0 aromatic heterocycles. The number of nitrogens with two attached hydrogens (primary N) is 2. The second-order valence-corrected chi connectivity index (χ2v) is 7.20. The molecular weight excluding hydrogens is 378 g/mol. The number of carbonyl (C=O) groups is 3. The lowest BCUT2D eigenvalue weighted by Crippen LogP contribution is -2.32. The molecule has 0 spiro atoms. The molecule has 9 nitrogen and oxygen atoms in total. The predicted octanol–water partition coefficient (Wildman–Crippen LogP) is 0.908. The summed E-state index contributed by atoms with van der Waals surface area (Å²) in [6, 6.07) is 7.59. The lowest BCUT2D eigenvalue weighted by Gasteiger charge is -2.07. The van der Waals surface area contributed by atoms with Gasteiger partial charge in [-0.1, -0.05) is 44.2 Å². The second kappa shape index (κ2) is 14.5. The highest BCUT2D eigenvalue weighted by Crippen LogP contribution is 2.04. The van der Waals surface area contributed by atoms with Crippen molar-refractivity contribution in [3.8, 4) is 0 Å². The highest BCUT2D eigenvalue weighted by atomic mass is 16.4. The average Bonchev–Trinajstić information content (AvgIpc) is 3.18. The van der Waals surface area contributed by atoms with Crippen LogP contribution in [-0.4, -0.2) is 57.9 Å². The van der Waals surface area contributed by atoms with Crippen molar-refractivity contribution in [2.75, 3.05) is 6.54 Å². The van der Waals surface area contributed by atoms with Crippen molar-refractivity contribution in [3.05, 3.63) is 35.9 Å². The molecule has 0 saturated carbocycles. The van der Waals surface area contributed by atoms with Crippen LogP contribution in [0.15, 0.2) is 30.3 Å². The molecule has 3 atom stereocenters. The van der Waals surface area contributed by atoms with Crippen LogP contribution in [0.4, 0.5) is 0 Å². The molecule has 1 saturated heterocycles. The van der Waals surface area contributed by atoms with Gasteiger partial charge in [0.05, 0.1) is 0 Å². The molecule has 1 fully saturated rings. The zero-order valence-corrected chi connectivity index (χ0v) is 17.0. The van der Waals surface area contributed by atoms with Crippen LogP contribution in [0.3, 0.4) is 0 Å². The summed E-state index contributed by atoms with van der Waals surface area (Å²) in [5.41, 5.74) is 11.5. The van der Waals surface area contributed by atoms with Gasteiger partial charge in [0.2, 0.25) is 0 Å². The molecule has 29 heavy (non-hydrogen) atoms. The van der Waals surface area contributed by atoms with E-state index in [9.17, 15) is 14.4 Å². The Labute approximate surface area is 171 Å². The van der Waals surface area contributed by atoms with E-state index in [-0.39, 0.29) is 6.04 Å². The Morgan fingerprint density at radius 2 is 1.59 bits per heavy atom. The SMILES string of the molecule is CC(C)CC(N)C(=O)O.NC(Cc1ccccc1)C(=O)O.O=C(O)[C@@H]1CCCN1. The first-order chi connectivity index (χ1) is 13.5. The Morgan fingerprint density at radius 3 is 1.90 bits per heavy atom. The van der Waals surface area contributed by atoms with Crippen molar-refractivity contribution in [3.63, 3.8) is 0 Å². The smallest absolute Gasteiger partial charge is 0.320 e. The van der Waals surface area contributed by atoms with Gasteiger partial charge in [-0.25, -0.2) is 0 Å². The molecule has 2 rings (SSSR count). The summed E-state index contributed by atoms with van der Waals surface area (Å²) < 4.78 is 0. The van der Waals surface area contributed by atoms with Gasteiger partial charge in [0.15, 0.2) is 0 Å². The number of hydrogen-bond donors (Lipinski definition) is 6. The molecule has 164 valence electrons. The molecular formula is C20H33N3O6. The van der Waals surface area contributed by atoms with Gasteiger partial charge in [-0.3, -0.25) is 14.4 Å². The minimum Gasteiger partial charge on any atom is -0.480 e. The predicted molar refractivity (Wildman–Crippen MR) is 109 cm³/mol. The number of rotatable bonds is 7. The van der Waals surface area contributed by atoms with E-state index in [2.05, 4.69) is 5.32 Å². The van der Waals surface area contributed by atoms with Crippen LogP contribution < -0.4 is 16.8 Å². The van der Waals surface area contributed by atoms with E-state index < -0.39 is 30.0 Å². The van der Waals surface area contributed by atoms with Gasteiger partial charge in [-0.05, 0) is 43.7 Å². The van der Waals surface area contributed by atoms with Gasteiger partial charge < -0.3 is 32.1 Å². The van der Waals surface area contributed by atoms with Crippen LogP contribution in [0.2, 0.25) is 0 Å². The Balaban J connectivity index is 0.000000416. The molecule has 0 amide bonds. The fraction of sp³-hybridized carbons (Fsp3) is 0.550. The molecule has 0 aliphatic carbocycles. The summed E-state index contributed by atoms with van der Waals surface area (Å²) in [5, 5.41) is 28.0. The molecule has 8 N–H and O–H groups in total. The first-order valence-electron chi connectivity index (χ1n) is 9.51. The van der Waals surface area contributed by atoms with Crippen LogP contribution in [0.25, 0.3) is 0 Å².